The van der Waals surface area contributed by atoms with Crippen molar-refractivity contribution in [3.63, 3.8) is 0 Å². The number of nitrogen functional groups attached to an aromatic ring is 1. The van der Waals surface area contributed by atoms with Crippen molar-refractivity contribution in [1.82, 2.24) is 4.98 Å². The van der Waals surface area contributed by atoms with Gasteiger partial charge in [0, 0.05) is 5.69 Å². The Kier molecular flexibility index (Phi) is 3.43. The number of ether oxygens (including phenoxy) is 1. The molecule has 0 aliphatic heterocycles. The smallest absolute Gasteiger partial charge is 0.274 e. The van der Waals surface area contributed by atoms with E-state index in [1.165, 1.54) is 6.20 Å². The molecule has 1 heterocycles. The zero-order valence-electron chi connectivity index (χ0n) is 9.88. The van der Waals surface area contributed by atoms with E-state index in [4.69, 9.17) is 10.5 Å². The standard InChI is InChI=1S/C13H13N3O2/c1-18-11-5-3-10(4-6-11)16-13(17)12-7-2-9(14)8-15-12/h2-8H,14H2,1H3,(H,16,17). The maximum Gasteiger partial charge on any atom is 0.274 e. The van der Waals surface area contributed by atoms with Crippen LogP contribution in [0.2, 0.25) is 0 Å². The summed E-state index contributed by atoms with van der Waals surface area (Å²) in [6, 6.07) is 10.3. The normalized spacial score (nSPS) is 9.83. The quantitative estimate of drug-likeness (QED) is 0.863. The van der Waals surface area contributed by atoms with Crippen molar-refractivity contribution in [2.75, 3.05) is 18.2 Å². The lowest BCUT2D eigenvalue weighted by molar-refractivity contribution is 0.102. The molecule has 5 nitrogen and oxygen atoms in total. The minimum absolute atomic E-state index is 0.278. The summed E-state index contributed by atoms with van der Waals surface area (Å²) in [6.45, 7) is 0. The summed E-state index contributed by atoms with van der Waals surface area (Å²) in [4.78, 5) is 15.8. The van der Waals surface area contributed by atoms with E-state index >= 15 is 0 Å². The summed E-state index contributed by atoms with van der Waals surface area (Å²) in [5.74, 6) is 0.457. The van der Waals surface area contributed by atoms with Gasteiger partial charge in [0.05, 0.1) is 19.0 Å². The summed E-state index contributed by atoms with van der Waals surface area (Å²) < 4.78 is 5.03. The Morgan fingerprint density at radius 2 is 1.94 bits per heavy atom. The number of carbonyl (C=O) groups excluding carboxylic acids is 1. The van der Waals surface area contributed by atoms with Gasteiger partial charge in [0.2, 0.25) is 0 Å². The first-order valence-electron chi connectivity index (χ1n) is 5.36. The molecule has 1 aromatic heterocycles. The molecule has 92 valence electrons. The van der Waals surface area contributed by atoms with Crippen molar-refractivity contribution in [1.29, 1.82) is 0 Å². The molecule has 1 amide bonds. The highest BCUT2D eigenvalue weighted by molar-refractivity contribution is 6.02. The Bertz CT molecular complexity index is 535. The number of rotatable bonds is 3. The van der Waals surface area contributed by atoms with Crippen LogP contribution in [-0.2, 0) is 0 Å². The predicted octanol–water partition coefficient (Wildman–Crippen LogP) is 1.92. The minimum atomic E-state index is -0.278. The number of amides is 1. The number of nitrogens with zero attached hydrogens (tertiary/aromatic N) is 1. The Morgan fingerprint density at radius 1 is 1.22 bits per heavy atom. The van der Waals surface area contributed by atoms with Crippen molar-refractivity contribution in [2.24, 2.45) is 0 Å². The molecule has 2 aromatic rings. The number of nitrogens with two attached hydrogens (primary N) is 1. The van der Waals surface area contributed by atoms with Gasteiger partial charge >= 0.3 is 0 Å². The van der Waals surface area contributed by atoms with Gasteiger partial charge in [-0.2, -0.15) is 0 Å². The molecular formula is C13H13N3O2. The minimum Gasteiger partial charge on any atom is -0.497 e. The Hall–Kier alpha value is -2.56. The van der Waals surface area contributed by atoms with E-state index in [-0.39, 0.29) is 5.91 Å². The molecule has 0 spiro atoms. The fourth-order valence-electron chi connectivity index (χ4n) is 1.41. The van der Waals surface area contributed by atoms with Crippen LogP contribution in [0.25, 0.3) is 0 Å². The molecule has 0 radical (unpaired) electrons. The zero-order valence-corrected chi connectivity index (χ0v) is 9.88. The van der Waals surface area contributed by atoms with Gasteiger partial charge < -0.3 is 15.8 Å². The lowest BCUT2D eigenvalue weighted by atomic mass is 10.2. The molecule has 0 aliphatic carbocycles. The van der Waals surface area contributed by atoms with Crippen LogP contribution in [0, 0.1) is 0 Å². The van der Waals surface area contributed by atoms with E-state index in [0.717, 1.165) is 5.75 Å². The van der Waals surface area contributed by atoms with Gasteiger partial charge in [-0.1, -0.05) is 0 Å². The molecular weight excluding hydrogens is 230 g/mol. The Balaban J connectivity index is 2.08. The zero-order chi connectivity index (χ0) is 13.0. The van der Waals surface area contributed by atoms with Gasteiger partial charge in [0.1, 0.15) is 11.4 Å². The molecule has 0 saturated heterocycles. The molecule has 5 heteroatoms. The topological polar surface area (TPSA) is 77.2 Å². The average molecular weight is 243 g/mol. The summed E-state index contributed by atoms with van der Waals surface area (Å²) in [5, 5.41) is 2.73. The van der Waals surface area contributed by atoms with Crippen LogP contribution < -0.4 is 15.8 Å². The highest BCUT2D eigenvalue weighted by Crippen LogP contribution is 2.15. The first kappa shape index (κ1) is 11.9. The Labute approximate surface area is 105 Å². The number of hydrogen-bond acceptors (Lipinski definition) is 4. The number of pyridine rings is 1. The van der Waals surface area contributed by atoms with Crippen LogP contribution in [0.5, 0.6) is 5.75 Å². The maximum atomic E-state index is 11.8. The molecule has 2 rings (SSSR count). The third-order valence-corrected chi connectivity index (χ3v) is 2.37. The molecule has 0 saturated carbocycles. The van der Waals surface area contributed by atoms with Crippen LogP contribution >= 0.6 is 0 Å². The largest absolute Gasteiger partial charge is 0.497 e. The second kappa shape index (κ2) is 5.18. The van der Waals surface area contributed by atoms with E-state index in [1.807, 2.05) is 0 Å². The third kappa shape index (κ3) is 2.76. The van der Waals surface area contributed by atoms with Crippen molar-refractivity contribution in [3.8, 4) is 5.75 Å². The molecule has 0 unspecified atom stereocenters. The molecule has 3 N–H and O–H groups in total. The number of anilines is 2. The highest BCUT2D eigenvalue weighted by Gasteiger charge is 2.07. The second-order valence-corrected chi connectivity index (χ2v) is 3.66. The van der Waals surface area contributed by atoms with Gasteiger partial charge in [-0.15, -0.1) is 0 Å². The number of carbonyl (C=O) groups is 1. The van der Waals surface area contributed by atoms with E-state index < -0.39 is 0 Å². The number of hydrogen-bond donors (Lipinski definition) is 2. The monoisotopic (exact) mass is 243 g/mol. The maximum absolute atomic E-state index is 11.8. The van der Waals surface area contributed by atoms with Gasteiger partial charge in [-0.3, -0.25) is 4.79 Å². The molecule has 18 heavy (non-hydrogen) atoms. The molecule has 0 aliphatic rings. The van der Waals surface area contributed by atoms with E-state index in [9.17, 15) is 4.79 Å². The first-order chi connectivity index (χ1) is 8.69. The lowest BCUT2D eigenvalue weighted by Gasteiger charge is -2.05. The molecule has 0 fully saturated rings. The van der Waals surface area contributed by atoms with E-state index in [2.05, 4.69) is 10.3 Å². The van der Waals surface area contributed by atoms with Crippen LogP contribution in [0.3, 0.4) is 0 Å². The SMILES string of the molecule is COc1ccc(NC(=O)c2ccc(N)cn2)cc1. The molecule has 0 bridgehead atoms. The number of nitrogens with one attached hydrogen (secondary N) is 1. The van der Waals surface area contributed by atoms with Gasteiger partial charge in [0.15, 0.2) is 0 Å². The van der Waals surface area contributed by atoms with Gasteiger partial charge in [-0.05, 0) is 36.4 Å². The summed E-state index contributed by atoms with van der Waals surface area (Å²) in [6.07, 6.45) is 1.45. The fourth-order valence-corrected chi connectivity index (χ4v) is 1.41. The lowest BCUT2D eigenvalue weighted by Crippen LogP contribution is -2.13. The van der Waals surface area contributed by atoms with E-state index in [1.54, 1.807) is 43.5 Å². The summed E-state index contributed by atoms with van der Waals surface area (Å²) in [7, 11) is 1.59. The van der Waals surface area contributed by atoms with Crippen molar-refractivity contribution >= 4 is 17.3 Å². The second-order valence-electron chi connectivity index (χ2n) is 3.66. The van der Waals surface area contributed by atoms with Gasteiger partial charge in [0.25, 0.3) is 5.91 Å². The fraction of sp³-hybridized carbons (Fsp3) is 0.0769. The predicted molar refractivity (Wildman–Crippen MR) is 69.6 cm³/mol. The Morgan fingerprint density at radius 3 is 2.50 bits per heavy atom. The van der Waals surface area contributed by atoms with Gasteiger partial charge in [-0.25, -0.2) is 4.98 Å². The van der Waals surface area contributed by atoms with Crippen molar-refractivity contribution < 1.29 is 9.53 Å². The molecule has 0 atom stereocenters. The van der Waals surface area contributed by atoms with Crippen LogP contribution in [0.1, 0.15) is 10.5 Å². The van der Waals surface area contributed by atoms with Crippen molar-refractivity contribution in [2.45, 2.75) is 0 Å². The first-order valence-corrected chi connectivity index (χ1v) is 5.36. The summed E-state index contributed by atoms with van der Waals surface area (Å²) >= 11 is 0. The van der Waals surface area contributed by atoms with Crippen molar-refractivity contribution in [3.05, 3.63) is 48.3 Å². The number of benzene rings is 1. The van der Waals surface area contributed by atoms with Crippen LogP contribution in [-0.4, -0.2) is 18.0 Å². The highest BCUT2D eigenvalue weighted by atomic mass is 16.5. The van der Waals surface area contributed by atoms with Crippen LogP contribution in [0.4, 0.5) is 11.4 Å². The third-order valence-electron chi connectivity index (χ3n) is 2.37. The average Bonchev–Trinajstić information content (AvgIpc) is 2.40. The molecule has 1 aromatic carbocycles. The van der Waals surface area contributed by atoms with Crippen LogP contribution in [0.15, 0.2) is 42.6 Å². The number of methoxy groups -OCH3 is 1. The summed E-state index contributed by atoms with van der Waals surface area (Å²) in [5.41, 5.74) is 7.03. The number of aromatic nitrogens is 1. The van der Waals surface area contributed by atoms with E-state index in [0.29, 0.717) is 17.1 Å².